The van der Waals surface area contributed by atoms with Crippen molar-refractivity contribution < 1.29 is 8.42 Å². The van der Waals surface area contributed by atoms with Gasteiger partial charge in [0, 0.05) is 30.0 Å². The molecule has 1 saturated heterocycles. The quantitative estimate of drug-likeness (QED) is 0.882. The van der Waals surface area contributed by atoms with E-state index in [1.54, 1.807) is 11.2 Å². The minimum Gasteiger partial charge on any atom is -0.370 e. The lowest BCUT2D eigenvalue weighted by atomic mass is 10.0. The largest absolute Gasteiger partial charge is 0.370 e. The number of anilines is 1. The number of hydrogen-bond acceptors (Lipinski definition) is 4. The zero-order chi connectivity index (χ0) is 14.0. The van der Waals surface area contributed by atoms with Crippen LogP contribution in [0.25, 0.3) is 0 Å². The van der Waals surface area contributed by atoms with Crippen LogP contribution in [0.2, 0.25) is 0 Å². The van der Waals surface area contributed by atoms with Gasteiger partial charge in [-0.2, -0.15) is 0 Å². The Morgan fingerprint density at radius 1 is 1.47 bits per heavy atom. The summed E-state index contributed by atoms with van der Waals surface area (Å²) >= 11 is 3.41. The molecule has 2 rings (SSSR count). The molecular formula is C12H18BrN3O2S. The fraction of sp³-hybridized carbons (Fsp3) is 0.583. The van der Waals surface area contributed by atoms with Crippen molar-refractivity contribution in [3.05, 3.63) is 22.3 Å². The number of halogens is 1. The van der Waals surface area contributed by atoms with Gasteiger partial charge in [-0.25, -0.2) is 17.7 Å². The summed E-state index contributed by atoms with van der Waals surface area (Å²) in [5.74, 6) is 1.38. The zero-order valence-electron chi connectivity index (χ0n) is 11.1. The fourth-order valence-electron chi connectivity index (χ4n) is 1.95. The molecule has 0 amide bonds. The Bertz CT molecular complexity index is 556. The Balaban J connectivity index is 1.81. The van der Waals surface area contributed by atoms with Crippen LogP contribution >= 0.6 is 15.9 Å². The Labute approximate surface area is 122 Å². The number of nitrogens with zero attached hydrogens (tertiary/aromatic N) is 2. The van der Waals surface area contributed by atoms with Crippen molar-refractivity contribution in [3.63, 3.8) is 0 Å². The van der Waals surface area contributed by atoms with E-state index in [4.69, 9.17) is 0 Å². The van der Waals surface area contributed by atoms with Crippen molar-refractivity contribution in [2.45, 2.75) is 13.8 Å². The molecule has 1 aliphatic heterocycles. The lowest BCUT2D eigenvalue weighted by Gasteiger charge is -2.38. The number of sulfonamides is 1. The Morgan fingerprint density at radius 2 is 2.16 bits per heavy atom. The van der Waals surface area contributed by atoms with E-state index < -0.39 is 10.0 Å². The molecule has 0 aromatic carbocycles. The topological polar surface area (TPSA) is 62.3 Å². The minimum absolute atomic E-state index is 0.181. The Morgan fingerprint density at radius 3 is 2.74 bits per heavy atom. The van der Waals surface area contributed by atoms with Gasteiger partial charge < -0.3 is 5.32 Å². The lowest BCUT2D eigenvalue weighted by molar-refractivity contribution is 0.212. The molecular weight excluding hydrogens is 330 g/mol. The highest BCUT2D eigenvalue weighted by molar-refractivity contribution is 9.10. The summed E-state index contributed by atoms with van der Waals surface area (Å²) in [7, 11) is -3.01. The monoisotopic (exact) mass is 347 g/mol. The molecule has 0 atom stereocenters. The molecule has 106 valence electrons. The maximum atomic E-state index is 11.6. The van der Waals surface area contributed by atoms with E-state index in [2.05, 4.69) is 26.2 Å². The van der Waals surface area contributed by atoms with Crippen LogP contribution in [0.5, 0.6) is 0 Å². The first kappa shape index (κ1) is 14.7. The Kier molecular flexibility index (Phi) is 4.47. The maximum Gasteiger partial charge on any atom is 0.213 e. The van der Waals surface area contributed by atoms with Crippen molar-refractivity contribution in [1.29, 1.82) is 0 Å². The van der Waals surface area contributed by atoms with Gasteiger partial charge in [0.25, 0.3) is 0 Å². The highest BCUT2D eigenvalue weighted by Gasteiger charge is 2.34. The van der Waals surface area contributed by atoms with E-state index in [9.17, 15) is 8.42 Å². The second kappa shape index (κ2) is 5.76. The summed E-state index contributed by atoms with van der Waals surface area (Å²) in [6.07, 6.45) is 0. The SMILES string of the molecule is CCS(=O)(=O)N1CC(CNc2ccc(Br)c(C)n2)C1. The van der Waals surface area contributed by atoms with Crippen LogP contribution in [-0.2, 0) is 10.0 Å². The summed E-state index contributed by atoms with van der Waals surface area (Å²) in [6.45, 7) is 5.59. The van der Waals surface area contributed by atoms with Gasteiger partial charge in [-0.05, 0) is 41.9 Å². The summed E-state index contributed by atoms with van der Waals surface area (Å²) in [5.41, 5.74) is 0.939. The minimum atomic E-state index is -3.01. The van der Waals surface area contributed by atoms with Crippen LogP contribution in [0.3, 0.4) is 0 Å². The first-order valence-electron chi connectivity index (χ1n) is 6.27. The number of hydrogen-bond donors (Lipinski definition) is 1. The average molecular weight is 348 g/mol. The molecule has 2 heterocycles. The number of aryl methyl sites for hydroxylation is 1. The van der Waals surface area contributed by atoms with Gasteiger partial charge in [-0.3, -0.25) is 0 Å². The lowest BCUT2D eigenvalue weighted by Crippen LogP contribution is -2.52. The van der Waals surface area contributed by atoms with Gasteiger partial charge in [-0.15, -0.1) is 0 Å². The van der Waals surface area contributed by atoms with E-state index in [0.717, 1.165) is 22.5 Å². The fourth-order valence-corrected chi connectivity index (χ4v) is 3.41. The molecule has 0 aliphatic carbocycles. The number of pyridine rings is 1. The Hall–Kier alpha value is -0.660. The van der Waals surface area contributed by atoms with Crippen molar-refractivity contribution in [2.75, 3.05) is 30.7 Å². The number of aromatic nitrogens is 1. The van der Waals surface area contributed by atoms with Crippen molar-refractivity contribution in [1.82, 2.24) is 9.29 Å². The van der Waals surface area contributed by atoms with Crippen molar-refractivity contribution in [2.24, 2.45) is 5.92 Å². The molecule has 7 heteroatoms. The van der Waals surface area contributed by atoms with Crippen molar-refractivity contribution in [3.8, 4) is 0 Å². The van der Waals surface area contributed by atoms with E-state index >= 15 is 0 Å². The molecule has 0 saturated carbocycles. The van der Waals surface area contributed by atoms with Crippen LogP contribution in [-0.4, -0.2) is 43.1 Å². The molecule has 1 aliphatic rings. The van der Waals surface area contributed by atoms with Crippen molar-refractivity contribution >= 4 is 31.8 Å². The molecule has 0 spiro atoms. The number of nitrogens with one attached hydrogen (secondary N) is 1. The third-order valence-corrected chi connectivity index (χ3v) is 5.93. The molecule has 0 bridgehead atoms. The first-order valence-corrected chi connectivity index (χ1v) is 8.67. The maximum absolute atomic E-state index is 11.6. The molecule has 1 aromatic heterocycles. The van der Waals surface area contributed by atoms with Gasteiger partial charge in [0.1, 0.15) is 5.82 Å². The van der Waals surface area contributed by atoms with Gasteiger partial charge in [-0.1, -0.05) is 0 Å². The predicted molar refractivity (Wildman–Crippen MR) is 79.7 cm³/mol. The van der Waals surface area contributed by atoms with Gasteiger partial charge in [0.15, 0.2) is 0 Å². The number of rotatable bonds is 5. The molecule has 0 unspecified atom stereocenters. The third kappa shape index (κ3) is 3.46. The molecule has 0 radical (unpaired) electrons. The highest BCUT2D eigenvalue weighted by Crippen LogP contribution is 2.21. The average Bonchev–Trinajstić information content (AvgIpc) is 2.31. The van der Waals surface area contributed by atoms with Gasteiger partial charge >= 0.3 is 0 Å². The molecule has 19 heavy (non-hydrogen) atoms. The summed E-state index contributed by atoms with van der Waals surface area (Å²) in [5, 5.41) is 3.25. The van der Waals surface area contributed by atoms with E-state index in [0.29, 0.717) is 19.0 Å². The molecule has 1 fully saturated rings. The third-order valence-electron chi connectivity index (χ3n) is 3.28. The second-order valence-corrected chi connectivity index (χ2v) is 7.84. The summed E-state index contributed by atoms with van der Waals surface area (Å²) in [4.78, 5) is 4.40. The first-order chi connectivity index (χ1) is 8.92. The standard InChI is InChI=1S/C12H18BrN3O2S/c1-3-19(17,18)16-7-10(8-16)6-14-12-5-4-11(13)9(2)15-12/h4-5,10H,3,6-8H2,1-2H3,(H,14,15). The van der Waals surface area contributed by atoms with E-state index in [1.807, 2.05) is 19.1 Å². The van der Waals surface area contributed by atoms with Crippen LogP contribution in [0.4, 0.5) is 5.82 Å². The van der Waals surface area contributed by atoms with Gasteiger partial charge in [0.05, 0.1) is 11.4 Å². The van der Waals surface area contributed by atoms with E-state index in [1.165, 1.54) is 0 Å². The smallest absolute Gasteiger partial charge is 0.213 e. The van der Waals surface area contributed by atoms with Crippen LogP contribution in [0, 0.1) is 12.8 Å². The zero-order valence-corrected chi connectivity index (χ0v) is 13.5. The predicted octanol–water partition coefficient (Wildman–Crippen LogP) is 1.85. The van der Waals surface area contributed by atoms with Crippen LogP contribution in [0.1, 0.15) is 12.6 Å². The summed E-state index contributed by atoms with van der Waals surface area (Å²) < 4.78 is 25.7. The van der Waals surface area contributed by atoms with Crippen LogP contribution < -0.4 is 5.32 Å². The molecule has 1 aromatic rings. The highest BCUT2D eigenvalue weighted by atomic mass is 79.9. The van der Waals surface area contributed by atoms with E-state index in [-0.39, 0.29) is 5.75 Å². The normalized spacial score (nSPS) is 17.2. The second-order valence-electron chi connectivity index (χ2n) is 4.73. The van der Waals surface area contributed by atoms with Crippen LogP contribution in [0.15, 0.2) is 16.6 Å². The molecule has 5 nitrogen and oxygen atoms in total. The van der Waals surface area contributed by atoms with Gasteiger partial charge in [0.2, 0.25) is 10.0 Å². The molecule has 1 N–H and O–H groups in total. The summed E-state index contributed by atoms with van der Waals surface area (Å²) in [6, 6.07) is 3.87.